The Morgan fingerprint density at radius 1 is 1.50 bits per heavy atom. The molecule has 1 aliphatic heterocycles. The van der Waals surface area contributed by atoms with Crippen LogP contribution < -0.4 is 5.32 Å². The van der Waals surface area contributed by atoms with E-state index in [-0.39, 0.29) is 5.54 Å². The topological polar surface area (TPSA) is 28.2 Å². The van der Waals surface area contributed by atoms with Gasteiger partial charge in [-0.2, -0.15) is 0 Å². The van der Waals surface area contributed by atoms with Gasteiger partial charge in [-0.05, 0) is 39.7 Å². The molecule has 1 aromatic heterocycles. The molecule has 1 fully saturated rings. The second-order valence-corrected chi connectivity index (χ2v) is 7.41. The molecule has 1 atom stereocenters. The van der Waals surface area contributed by atoms with Crippen LogP contribution in [0.4, 0.5) is 0 Å². The van der Waals surface area contributed by atoms with Gasteiger partial charge in [0.05, 0.1) is 5.69 Å². The van der Waals surface area contributed by atoms with Crippen molar-refractivity contribution in [3.63, 3.8) is 0 Å². The van der Waals surface area contributed by atoms with Crippen LogP contribution in [0, 0.1) is 5.92 Å². The Morgan fingerprint density at radius 2 is 2.28 bits per heavy atom. The van der Waals surface area contributed by atoms with Gasteiger partial charge in [0, 0.05) is 30.6 Å². The SMILES string of the molecule is CC1CCN(Cc2csc(CNC(C)(C)C)n2)C1. The molecule has 3 nitrogen and oxygen atoms in total. The summed E-state index contributed by atoms with van der Waals surface area (Å²) in [6, 6.07) is 0. The Balaban J connectivity index is 1.82. The van der Waals surface area contributed by atoms with Crippen LogP contribution in [0.3, 0.4) is 0 Å². The van der Waals surface area contributed by atoms with Crippen molar-refractivity contribution < 1.29 is 0 Å². The van der Waals surface area contributed by atoms with Gasteiger partial charge in [-0.3, -0.25) is 4.90 Å². The lowest BCUT2D eigenvalue weighted by molar-refractivity contribution is 0.316. The van der Waals surface area contributed by atoms with Crippen molar-refractivity contribution in [1.82, 2.24) is 15.2 Å². The number of hydrogen-bond acceptors (Lipinski definition) is 4. The molecule has 2 rings (SSSR count). The molecule has 102 valence electrons. The van der Waals surface area contributed by atoms with Gasteiger partial charge < -0.3 is 5.32 Å². The molecule has 1 unspecified atom stereocenters. The fourth-order valence-electron chi connectivity index (χ4n) is 2.24. The number of nitrogens with one attached hydrogen (secondary N) is 1. The lowest BCUT2D eigenvalue weighted by Crippen LogP contribution is -2.35. The highest BCUT2D eigenvalue weighted by atomic mass is 32.1. The van der Waals surface area contributed by atoms with Crippen LogP contribution in [-0.2, 0) is 13.1 Å². The standard InChI is InChI=1S/C14H25N3S/c1-11-5-6-17(8-11)9-12-10-18-13(16-12)7-15-14(2,3)4/h10-11,15H,5-9H2,1-4H3. The van der Waals surface area contributed by atoms with E-state index in [0.29, 0.717) is 0 Å². The zero-order valence-corrected chi connectivity index (χ0v) is 12.8. The maximum absolute atomic E-state index is 4.72. The van der Waals surface area contributed by atoms with Gasteiger partial charge in [0.15, 0.2) is 0 Å². The minimum absolute atomic E-state index is 0.163. The van der Waals surface area contributed by atoms with E-state index in [4.69, 9.17) is 4.98 Å². The second kappa shape index (κ2) is 5.68. The van der Waals surface area contributed by atoms with Gasteiger partial charge in [0.1, 0.15) is 5.01 Å². The third-order valence-corrected chi connectivity index (χ3v) is 4.16. The average molecular weight is 267 g/mol. The highest BCUT2D eigenvalue weighted by Gasteiger charge is 2.19. The maximum atomic E-state index is 4.72. The summed E-state index contributed by atoms with van der Waals surface area (Å²) < 4.78 is 0. The van der Waals surface area contributed by atoms with Crippen LogP contribution in [0.25, 0.3) is 0 Å². The molecule has 2 heterocycles. The lowest BCUT2D eigenvalue weighted by Gasteiger charge is -2.19. The first-order valence-electron chi connectivity index (χ1n) is 6.83. The van der Waals surface area contributed by atoms with Crippen LogP contribution in [0.5, 0.6) is 0 Å². The lowest BCUT2D eigenvalue weighted by atomic mass is 10.1. The highest BCUT2D eigenvalue weighted by molar-refractivity contribution is 7.09. The van der Waals surface area contributed by atoms with Gasteiger partial charge in [0.25, 0.3) is 0 Å². The highest BCUT2D eigenvalue weighted by Crippen LogP contribution is 2.19. The molecule has 0 amide bonds. The van der Waals surface area contributed by atoms with E-state index < -0.39 is 0 Å². The van der Waals surface area contributed by atoms with E-state index in [0.717, 1.165) is 19.0 Å². The third kappa shape index (κ3) is 4.34. The zero-order chi connectivity index (χ0) is 13.2. The maximum Gasteiger partial charge on any atom is 0.107 e. The van der Waals surface area contributed by atoms with Gasteiger partial charge in [-0.15, -0.1) is 11.3 Å². The van der Waals surface area contributed by atoms with Gasteiger partial charge >= 0.3 is 0 Å². The summed E-state index contributed by atoms with van der Waals surface area (Å²) in [5, 5.41) is 6.90. The molecule has 0 spiro atoms. The van der Waals surface area contributed by atoms with Crippen LogP contribution in [0.2, 0.25) is 0 Å². The summed E-state index contributed by atoms with van der Waals surface area (Å²) in [6.45, 7) is 13.3. The molecule has 0 aliphatic carbocycles. The van der Waals surface area contributed by atoms with Crippen molar-refractivity contribution in [1.29, 1.82) is 0 Å². The van der Waals surface area contributed by atoms with E-state index in [1.165, 1.54) is 30.2 Å². The largest absolute Gasteiger partial charge is 0.306 e. The Hall–Kier alpha value is -0.450. The molecule has 0 bridgehead atoms. The summed E-state index contributed by atoms with van der Waals surface area (Å²) >= 11 is 1.77. The van der Waals surface area contributed by atoms with E-state index in [2.05, 4.69) is 43.3 Å². The van der Waals surface area contributed by atoms with E-state index in [1.54, 1.807) is 11.3 Å². The van der Waals surface area contributed by atoms with Gasteiger partial charge in [-0.25, -0.2) is 4.98 Å². The van der Waals surface area contributed by atoms with Crippen molar-refractivity contribution in [2.24, 2.45) is 5.92 Å². The molecule has 0 saturated carbocycles. The number of likely N-dealkylation sites (tertiary alicyclic amines) is 1. The zero-order valence-electron chi connectivity index (χ0n) is 12.0. The molecule has 1 aliphatic rings. The number of nitrogens with zero attached hydrogens (tertiary/aromatic N) is 2. The molecule has 18 heavy (non-hydrogen) atoms. The normalized spacial score (nSPS) is 21.7. The minimum Gasteiger partial charge on any atom is -0.306 e. The third-order valence-electron chi connectivity index (χ3n) is 3.26. The summed E-state index contributed by atoms with van der Waals surface area (Å²) in [5.41, 5.74) is 1.40. The van der Waals surface area contributed by atoms with E-state index in [1.807, 2.05) is 0 Å². The molecular weight excluding hydrogens is 242 g/mol. The Labute approximate surface area is 115 Å². The summed E-state index contributed by atoms with van der Waals surface area (Å²) in [4.78, 5) is 7.23. The van der Waals surface area contributed by atoms with E-state index >= 15 is 0 Å². The molecule has 1 aromatic rings. The predicted molar refractivity (Wildman–Crippen MR) is 77.8 cm³/mol. The molecule has 1 saturated heterocycles. The van der Waals surface area contributed by atoms with Gasteiger partial charge in [-0.1, -0.05) is 6.92 Å². The molecule has 0 radical (unpaired) electrons. The molecular formula is C14H25N3S. The first kappa shape index (κ1) is 14.0. The summed E-state index contributed by atoms with van der Waals surface area (Å²) in [5.74, 6) is 0.852. The van der Waals surface area contributed by atoms with Crippen molar-refractivity contribution in [3.8, 4) is 0 Å². The minimum atomic E-state index is 0.163. The Morgan fingerprint density at radius 3 is 2.89 bits per heavy atom. The molecule has 0 aromatic carbocycles. The Kier molecular flexibility index (Phi) is 4.41. The number of thiazole rings is 1. The van der Waals surface area contributed by atoms with E-state index in [9.17, 15) is 0 Å². The number of rotatable bonds is 4. The first-order chi connectivity index (χ1) is 8.42. The van der Waals surface area contributed by atoms with Crippen molar-refractivity contribution in [2.45, 2.75) is 52.7 Å². The van der Waals surface area contributed by atoms with Gasteiger partial charge in [0.2, 0.25) is 0 Å². The first-order valence-corrected chi connectivity index (χ1v) is 7.71. The number of hydrogen-bond donors (Lipinski definition) is 1. The molecule has 1 N–H and O–H groups in total. The fourth-order valence-corrected chi connectivity index (χ4v) is 2.97. The van der Waals surface area contributed by atoms with Crippen molar-refractivity contribution >= 4 is 11.3 Å². The monoisotopic (exact) mass is 267 g/mol. The molecule has 4 heteroatoms. The quantitative estimate of drug-likeness (QED) is 0.909. The summed E-state index contributed by atoms with van der Waals surface area (Å²) in [6.07, 6.45) is 1.34. The smallest absolute Gasteiger partial charge is 0.107 e. The van der Waals surface area contributed by atoms with Crippen LogP contribution in [0.1, 0.15) is 44.8 Å². The van der Waals surface area contributed by atoms with Crippen molar-refractivity contribution in [3.05, 3.63) is 16.1 Å². The Bertz CT molecular complexity index is 381. The van der Waals surface area contributed by atoms with Crippen LogP contribution >= 0.6 is 11.3 Å². The predicted octanol–water partition coefficient (Wildman–Crippen LogP) is 2.87. The number of aromatic nitrogens is 1. The fraction of sp³-hybridized carbons (Fsp3) is 0.786. The van der Waals surface area contributed by atoms with Crippen molar-refractivity contribution in [2.75, 3.05) is 13.1 Å². The van der Waals surface area contributed by atoms with Crippen LogP contribution in [0.15, 0.2) is 5.38 Å². The van der Waals surface area contributed by atoms with Crippen LogP contribution in [-0.4, -0.2) is 28.5 Å². The average Bonchev–Trinajstić information content (AvgIpc) is 2.85. The second-order valence-electron chi connectivity index (χ2n) is 6.47. The summed E-state index contributed by atoms with van der Waals surface area (Å²) in [7, 11) is 0.